The Morgan fingerprint density at radius 3 is 2.36 bits per heavy atom. The number of aliphatic hydroxyl groups is 1. The summed E-state index contributed by atoms with van der Waals surface area (Å²) >= 11 is 0. The maximum Gasteiger partial charge on any atom is 0.0924 e. The molecule has 0 aliphatic rings. The van der Waals surface area contributed by atoms with Gasteiger partial charge >= 0.3 is 0 Å². The Balaban J connectivity index is 3.54. The molecule has 0 bridgehead atoms. The second-order valence-electron chi connectivity index (χ2n) is 3.32. The summed E-state index contributed by atoms with van der Waals surface area (Å²) in [5.41, 5.74) is 5.67. The van der Waals surface area contributed by atoms with Crippen molar-refractivity contribution < 1.29 is 9.84 Å². The summed E-state index contributed by atoms with van der Waals surface area (Å²) in [5.74, 6) is 0.525. The van der Waals surface area contributed by atoms with Crippen LogP contribution in [0.2, 0.25) is 0 Å². The molecule has 0 aliphatic carbocycles. The molecule has 0 amide bonds. The summed E-state index contributed by atoms with van der Waals surface area (Å²) in [5, 5.41) is 9.32. The lowest BCUT2D eigenvalue weighted by Crippen LogP contribution is -2.38. The first-order valence-corrected chi connectivity index (χ1v) is 4.00. The molecule has 0 aliphatic heterocycles. The second-order valence-corrected chi connectivity index (χ2v) is 3.32. The molecular formula is C8H19NO2. The molecule has 68 valence electrons. The van der Waals surface area contributed by atoms with E-state index >= 15 is 0 Å². The Labute approximate surface area is 68.5 Å². The summed E-state index contributed by atoms with van der Waals surface area (Å²) in [6, 6.07) is -0.157. The predicted molar refractivity (Wildman–Crippen MR) is 45.3 cm³/mol. The zero-order valence-electron chi connectivity index (χ0n) is 7.58. The van der Waals surface area contributed by atoms with E-state index in [1.807, 2.05) is 0 Å². The molecule has 0 fully saturated rings. The second kappa shape index (κ2) is 5.52. The van der Waals surface area contributed by atoms with Crippen LogP contribution in [0.1, 0.15) is 20.3 Å². The van der Waals surface area contributed by atoms with Crippen LogP contribution in [0, 0.1) is 5.92 Å². The highest BCUT2D eigenvalue weighted by Crippen LogP contribution is 2.05. The largest absolute Gasteiger partial charge is 0.389 e. The Kier molecular flexibility index (Phi) is 5.46. The molecule has 0 radical (unpaired) electrons. The molecule has 2 unspecified atom stereocenters. The average Bonchev–Trinajstić information content (AvgIpc) is 1.86. The monoisotopic (exact) mass is 161 g/mol. The van der Waals surface area contributed by atoms with Crippen molar-refractivity contribution in [3.63, 3.8) is 0 Å². The van der Waals surface area contributed by atoms with Crippen LogP contribution in [0.4, 0.5) is 0 Å². The normalized spacial score (nSPS) is 16.9. The number of ether oxygens (including phenoxy) is 1. The molecule has 0 saturated heterocycles. The van der Waals surface area contributed by atoms with E-state index in [-0.39, 0.29) is 6.04 Å². The van der Waals surface area contributed by atoms with Crippen LogP contribution in [-0.4, -0.2) is 31.0 Å². The fourth-order valence-electron chi connectivity index (χ4n) is 0.996. The van der Waals surface area contributed by atoms with Gasteiger partial charge in [0.05, 0.1) is 12.7 Å². The van der Waals surface area contributed by atoms with E-state index in [0.717, 1.165) is 6.42 Å². The van der Waals surface area contributed by atoms with E-state index in [2.05, 4.69) is 13.8 Å². The van der Waals surface area contributed by atoms with Gasteiger partial charge in [0.1, 0.15) is 0 Å². The first-order valence-electron chi connectivity index (χ1n) is 4.00. The van der Waals surface area contributed by atoms with Gasteiger partial charge in [-0.25, -0.2) is 0 Å². The summed E-state index contributed by atoms with van der Waals surface area (Å²) in [4.78, 5) is 0. The molecule has 0 aromatic rings. The number of rotatable bonds is 5. The maximum absolute atomic E-state index is 9.32. The van der Waals surface area contributed by atoms with Crippen molar-refractivity contribution >= 4 is 0 Å². The van der Waals surface area contributed by atoms with E-state index in [9.17, 15) is 5.11 Å². The number of hydrogen-bond donors (Lipinski definition) is 2. The first-order chi connectivity index (χ1) is 5.07. The van der Waals surface area contributed by atoms with Crippen LogP contribution in [0.25, 0.3) is 0 Å². The molecule has 0 saturated carbocycles. The first kappa shape index (κ1) is 10.9. The van der Waals surface area contributed by atoms with Gasteiger partial charge in [0.25, 0.3) is 0 Å². The quantitative estimate of drug-likeness (QED) is 0.612. The van der Waals surface area contributed by atoms with Crippen LogP contribution in [0.3, 0.4) is 0 Å². The maximum atomic E-state index is 9.32. The van der Waals surface area contributed by atoms with Gasteiger partial charge in [0.15, 0.2) is 0 Å². The topological polar surface area (TPSA) is 55.5 Å². The third-order valence-corrected chi connectivity index (χ3v) is 1.58. The Bertz CT molecular complexity index is 96.1. The van der Waals surface area contributed by atoms with Crippen molar-refractivity contribution in [3.05, 3.63) is 0 Å². The molecule has 0 spiro atoms. The summed E-state index contributed by atoms with van der Waals surface area (Å²) in [6.07, 6.45) is 0.312. The lowest BCUT2D eigenvalue weighted by Gasteiger charge is -2.19. The average molecular weight is 161 g/mol. The minimum atomic E-state index is -0.526. The Morgan fingerprint density at radius 1 is 1.45 bits per heavy atom. The third-order valence-electron chi connectivity index (χ3n) is 1.58. The standard InChI is InChI=1S/C8H19NO2/c1-6(2)4-7(9)8(10)5-11-3/h6-8,10H,4-5,9H2,1-3H3. The lowest BCUT2D eigenvalue weighted by molar-refractivity contribution is 0.0434. The van der Waals surface area contributed by atoms with Crippen LogP contribution >= 0.6 is 0 Å². The molecule has 3 nitrogen and oxygen atoms in total. The van der Waals surface area contributed by atoms with Crippen LogP contribution < -0.4 is 5.73 Å². The van der Waals surface area contributed by atoms with E-state index in [1.54, 1.807) is 7.11 Å². The highest BCUT2D eigenvalue weighted by molar-refractivity contribution is 4.72. The number of nitrogens with two attached hydrogens (primary N) is 1. The third kappa shape index (κ3) is 5.18. The van der Waals surface area contributed by atoms with Gasteiger partial charge in [-0.2, -0.15) is 0 Å². The van der Waals surface area contributed by atoms with Crippen molar-refractivity contribution in [2.24, 2.45) is 11.7 Å². The molecule has 0 rings (SSSR count). The van der Waals surface area contributed by atoms with Crippen LogP contribution in [0.15, 0.2) is 0 Å². The van der Waals surface area contributed by atoms with Crippen molar-refractivity contribution in [3.8, 4) is 0 Å². The van der Waals surface area contributed by atoms with Crippen molar-refractivity contribution in [2.75, 3.05) is 13.7 Å². The lowest BCUT2D eigenvalue weighted by atomic mass is 10.0. The van der Waals surface area contributed by atoms with Crippen molar-refractivity contribution in [1.29, 1.82) is 0 Å². The van der Waals surface area contributed by atoms with Gasteiger partial charge in [-0.1, -0.05) is 13.8 Å². The van der Waals surface area contributed by atoms with Gasteiger partial charge in [-0.05, 0) is 12.3 Å². The molecular weight excluding hydrogens is 142 g/mol. The molecule has 2 atom stereocenters. The van der Waals surface area contributed by atoms with Gasteiger partial charge in [0.2, 0.25) is 0 Å². The Morgan fingerprint density at radius 2 is 2.00 bits per heavy atom. The van der Waals surface area contributed by atoms with E-state index in [0.29, 0.717) is 12.5 Å². The van der Waals surface area contributed by atoms with Gasteiger partial charge < -0.3 is 15.6 Å². The molecule has 3 N–H and O–H groups in total. The van der Waals surface area contributed by atoms with E-state index < -0.39 is 6.10 Å². The zero-order valence-corrected chi connectivity index (χ0v) is 7.58. The summed E-state index contributed by atoms with van der Waals surface area (Å²) in [7, 11) is 1.56. The minimum Gasteiger partial charge on any atom is -0.389 e. The van der Waals surface area contributed by atoms with E-state index in [4.69, 9.17) is 10.5 Å². The molecule has 0 heterocycles. The van der Waals surface area contributed by atoms with Crippen LogP contribution in [0.5, 0.6) is 0 Å². The summed E-state index contributed by atoms with van der Waals surface area (Å²) < 4.78 is 4.78. The predicted octanol–water partition coefficient (Wildman–Crippen LogP) is 0.367. The molecule has 0 aromatic carbocycles. The van der Waals surface area contributed by atoms with Crippen LogP contribution in [-0.2, 0) is 4.74 Å². The number of hydrogen-bond acceptors (Lipinski definition) is 3. The molecule has 11 heavy (non-hydrogen) atoms. The highest BCUT2D eigenvalue weighted by atomic mass is 16.5. The fraction of sp³-hybridized carbons (Fsp3) is 1.00. The number of aliphatic hydroxyl groups excluding tert-OH is 1. The van der Waals surface area contributed by atoms with Gasteiger partial charge in [-0.3, -0.25) is 0 Å². The van der Waals surface area contributed by atoms with Crippen molar-refractivity contribution in [1.82, 2.24) is 0 Å². The Hall–Kier alpha value is -0.120. The smallest absolute Gasteiger partial charge is 0.0924 e. The van der Waals surface area contributed by atoms with Crippen molar-refractivity contribution in [2.45, 2.75) is 32.4 Å². The number of methoxy groups -OCH3 is 1. The molecule has 0 aromatic heterocycles. The van der Waals surface area contributed by atoms with Gasteiger partial charge in [0, 0.05) is 13.2 Å². The summed E-state index contributed by atoms with van der Waals surface area (Å²) in [6.45, 7) is 4.49. The zero-order chi connectivity index (χ0) is 8.85. The molecule has 3 heteroatoms. The fourth-order valence-corrected chi connectivity index (χ4v) is 0.996. The highest BCUT2D eigenvalue weighted by Gasteiger charge is 2.15. The SMILES string of the molecule is COCC(O)C(N)CC(C)C. The minimum absolute atomic E-state index is 0.157. The van der Waals surface area contributed by atoms with Gasteiger partial charge in [-0.15, -0.1) is 0 Å². The van der Waals surface area contributed by atoms with E-state index in [1.165, 1.54) is 0 Å².